The van der Waals surface area contributed by atoms with Crippen molar-refractivity contribution in [2.24, 2.45) is 0 Å². The number of ether oxygens (including phenoxy) is 1. The lowest BCUT2D eigenvalue weighted by Crippen LogP contribution is -2.39. The Morgan fingerprint density at radius 2 is 2.08 bits per heavy atom. The highest BCUT2D eigenvalue weighted by molar-refractivity contribution is 7.91. The molecule has 0 bridgehead atoms. The van der Waals surface area contributed by atoms with Crippen molar-refractivity contribution < 1.29 is 31.1 Å². The zero-order chi connectivity index (χ0) is 18.3. The van der Waals surface area contributed by atoms with Crippen LogP contribution in [0.15, 0.2) is 6.07 Å². The van der Waals surface area contributed by atoms with E-state index < -0.39 is 39.8 Å². The lowest BCUT2D eigenvalue weighted by atomic mass is 10.2. The Balaban J connectivity index is 2.42. The second-order valence-corrected chi connectivity index (χ2v) is 8.12. The first-order valence-electron chi connectivity index (χ1n) is 7.07. The number of carbonyl (C=O) groups excluding carboxylic acids is 1. The number of halogens is 3. The maximum Gasteiger partial charge on any atom is 0.408 e. The molecule has 0 radical (unpaired) electrons. The summed E-state index contributed by atoms with van der Waals surface area (Å²) >= 11 is 0. The molecule has 0 aromatic carbocycles. The topological polar surface area (TPSA) is 81.5 Å². The summed E-state index contributed by atoms with van der Waals surface area (Å²) in [4.78, 5) is 13.3. The molecule has 0 saturated carbocycles. The lowest BCUT2D eigenvalue weighted by Gasteiger charge is -2.25. The van der Waals surface area contributed by atoms with E-state index in [4.69, 9.17) is 0 Å². The molecule has 1 aliphatic heterocycles. The Kier molecular flexibility index (Phi) is 4.84. The van der Waals surface area contributed by atoms with Gasteiger partial charge in [-0.15, -0.1) is 0 Å². The molecule has 11 heteroatoms. The quantitative estimate of drug-likeness (QED) is 0.734. The number of nitrogens with zero attached hydrogens (tertiary/aromatic N) is 3. The van der Waals surface area contributed by atoms with Gasteiger partial charge >= 0.3 is 12.1 Å². The SMILES string of the molecule is COC(=O)C1C[C@@H](S(C)(=O)=O)CN1c1cc(C)nn1CC(F)(F)F. The number of aryl methyl sites for hydroxylation is 1. The van der Waals surface area contributed by atoms with Crippen molar-refractivity contribution in [1.82, 2.24) is 9.78 Å². The Labute approximate surface area is 137 Å². The van der Waals surface area contributed by atoms with Crippen LogP contribution < -0.4 is 4.90 Å². The number of hydrogen-bond acceptors (Lipinski definition) is 6. The van der Waals surface area contributed by atoms with E-state index in [0.29, 0.717) is 5.69 Å². The van der Waals surface area contributed by atoms with E-state index in [-0.39, 0.29) is 18.8 Å². The number of hydrogen-bond donors (Lipinski definition) is 0. The standard InChI is InChI=1S/C13H18F3N3O4S/c1-8-4-11(19(17-8)7-13(14,15)16)18-6-9(24(3,21)22)5-10(18)12(20)23-2/h4,9-10H,5-7H2,1-3H3/t9-,10?/m1/s1. The van der Waals surface area contributed by atoms with Gasteiger partial charge in [-0.3, -0.25) is 0 Å². The third kappa shape index (κ3) is 4.00. The van der Waals surface area contributed by atoms with Gasteiger partial charge in [0.25, 0.3) is 0 Å². The number of esters is 1. The minimum absolute atomic E-state index is 0.0399. The Morgan fingerprint density at radius 1 is 1.46 bits per heavy atom. The fourth-order valence-corrected chi connectivity index (χ4v) is 3.73. The highest BCUT2D eigenvalue weighted by atomic mass is 32.2. The summed E-state index contributed by atoms with van der Waals surface area (Å²) in [5.74, 6) is -0.648. The first-order valence-corrected chi connectivity index (χ1v) is 9.02. The van der Waals surface area contributed by atoms with Crippen molar-refractivity contribution in [3.8, 4) is 0 Å². The van der Waals surface area contributed by atoms with Crippen molar-refractivity contribution in [2.75, 3.05) is 24.8 Å². The first-order chi connectivity index (χ1) is 10.9. The van der Waals surface area contributed by atoms with Crippen LogP contribution >= 0.6 is 0 Å². The maximum atomic E-state index is 12.7. The van der Waals surface area contributed by atoms with E-state index in [1.54, 1.807) is 0 Å². The van der Waals surface area contributed by atoms with Crippen LogP contribution in [0, 0.1) is 6.92 Å². The van der Waals surface area contributed by atoms with Crippen molar-refractivity contribution in [1.29, 1.82) is 0 Å². The third-order valence-electron chi connectivity index (χ3n) is 3.85. The average molecular weight is 369 g/mol. The van der Waals surface area contributed by atoms with E-state index in [1.807, 2.05) is 0 Å². The molecule has 1 saturated heterocycles. The second-order valence-electron chi connectivity index (χ2n) is 5.80. The van der Waals surface area contributed by atoms with Crippen molar-refractivity contribution in [3.63, 3.8) is 0 Å². The first kappa shape index (κ1) is 18.6. The monoisotopic (exact) mass is 369 g/mol. The second kappa shape index (κ2) is 6.26. The van der Waals surface area contributed by atoms with E-state index >= 15 is 0 Å². The summed E-state index contributed by atoms with van der Waals surface area (Å²) in [7, 11) is -2.32. The van der Waals surface area contributed by atoms with Crippen LogP contribution in [-0.2, 0) is 25.9 Å². The van der Waals surface area contributed by atoms with Gasteiger partial charge in [0.05, 0.1) is 18.1 Å². The molecule has 0 spiro atoms. The van der Waals surface area contributed by atoms with Crippen molar-refractivity contribution >= 4 is 21.6 Å². The Hall–Kier alpha value is -1.78. The van der Waals surface area contributed by atoms with Crippen LogP contribution in [0.3, 0.4) is 0 Å². The van der Waals surface area contributed by atoms with Crippen LogP contribution in [0.5, 0.6) is 0 Å². The number of anilines is 1. The molecule has 136 valence electrons. The summed E-state index contributed by atoms with van der Waals surface area (Å²) in [5, 5.41) is 2.94. The molecule has 1 unspecified atom stereocenters. The van der Waals surface area contributed by atoms with Crippen molar-refractivity contribution in [2.45, 2.75) is 37.4 Å². The molecule has 1 aromatic heterocycles. The van der Waals surface area contributed by atoms with Gasteiger partial charge in [0.2, 0.25) is 0 Å². The average Bonchev–Trinajstić information content (AvgIpc) is 2.99. The third-order valence-corrected chi connectivity index (χ3v) is 5.40. The molecule has 1 aromatic rings. The number of sulfone groups is 1. The predicted molar refractivity (Wildman–Crippen MR) is 79.4 cm³/mol. The van der Waals surface area contributed by atoms with Crippen LogP contribution in [0.25, 0.3) is 0 Å². The van der Waals surface area contributed by atoms with Gasteiger partial charge < -0.3 is 9.64 Å². The molecule has 2 rings (SSSR count). The van der Waals surface area contributed by atoms with E-state index in [2.05, 4.69) is 9.84 Å². The molecular formula is C13H18F3N3O4S. The van der Waals surface area contributed by atoms with Gasteiger partial charge in [0, 0.05) is 18.9 Å². The summed E-state index contributed by atoms with van der Waals surface area (Å²) in [6, 6.07) is 0.421. The van der Waals surface area contributed by atoms with E-state index in [0.717, 1.165) is 18.0 Å². The van der Waals surface area contributed by atoms with Crippen LogP contribution in [0.2, 0.25) is 0 Å². The number of alkyl halides is 3. The van der Waals surface area contributed by atoms with E-state index in [1.165, 1.54) is 17.9 Å². The highest BCUT2D eigenvalue weighted by Gasteiger charge is 2.43. The van der Waals surface area contributed by atoms with Gasteiger partial charge in [0.15, 0.2) is 9.84 Å². The fourth-order valence-electron chi connectivity index (χ4n) is 2.77. The lowest BCUT2D eigenvalue weighted by molar-refractivity contribution is -0.142. The summed E-state index contributed by atoms with van der Waals surface area (Å²) in [6.45, 7) is 0.0966. The molecule has 1 aliphatic rings. The van der Waals surface area contributed by atoms with Crippen LogP contribution in [-0.4, -0.2) is 61.5 Å². The minimum Gasteiger partial charge on any atom is -0.467 e. The Bertz CT molecular complexity index is 729. The fraction of sp³-hybridized carbons (Fsp3) is 0.692. The number of methoxy groups -OCH3 is 1. The molecule has 0 amide bonds. The van der Waals surface area contributed by atoms with Gasteiger partial charge in [-0.25, -0.2) is 17.9 Å². The molecule has 1 fully saturated rings. The van der Waals surface area contributed by atoms with Crippen LogP contribution in [0.4, 0.5) is 19.0 Å². The number of carbonyl (C=O) groups is 1. The zero-order valence-corrected chi connectivity index (χ0v) is 14.2. The zero-order valence-electron chi connectivity index (χ0n) is 13.4. The van der Waals surface area contributed by atoms with Gasteiger partial charge in [0.1, 0.15) is 18.4 Å². The van der Waals surface area contributed by atoms with Gasteiger partial charge in [-0.1, -0.05) is 0 Å². The molecular weight excluding hydrogens is 351 g/mol. The predicted octanol–water partition coefficient (Wildman–Crippen LogP) is 0.919. The maximum absolute atomic E-state index is 12.7. The van der Waals surface area contributed by atoms with Gasteiger partial charge in [-0.2, -0.15) is 18.3 Å². The van der Waals surface area contributed by atoms with Gasteiger partial charge in [-0.05, 0) is 13.3 Å². The summed E-state index contributed by atoms with van der Waals surface area (Å²) in [6.07, 6.45) is -3.50. The van der Waals surface area contributed by atoms with Crippen molar-refractivity contribution in [3.05, 3.63) is 11.8 Å². The molecule has 0 aliphatic carbocycles. The summed E-state index contributed by atoms with van der Waals surface area (Å²) < 4.78 is 67.2. The molecule has 2 heterocycles. The smallest absolute Gasteiger partial charge is 0.408 e. The molecule has 2 atom stereocenters. The van der Waals surface area contributed by atoms with Crippen LogP contribution in [0.1, 0.15) is 12.1 Å². The number of aromatic nitrogens is 2. The molecule has 24 heavy (non-hydrogen) atoms. The Morgan fingerprint density at radius 3 is 2.58 bits per heavy atom. The normalized spacial score (nSPS) is 22.0. The largest absolute Gasteiger partial charge is 0.467 e. The molecule has 0 N–H and O–H groups in total. The summed E-state index contributed by atoms with van der Waals surface area (Å²) in [5.41, 5.74) is 0.334. The minimum atomic E-state index is -4.50. The highest BCUT2D eigenvalue weighted by Crippen LogP contribution is 2.31. The van der Waals surface area contributed by atoms with E-state index in [9.17, 15) is 26.4 Å². The molecule has 7 nitrogen and oxygen atoms in total. The number of rotatable bonds is 4.